The summed E-state index contributed by atoms with van der Waals surface area (Å²) < 4.78 is 6.06. The molecule has 1 heterocycles. The third-order valence-corrected chi connectivity index (χ3v) is 5.96. The van der Waals surface area contributed by atoms with Crippen LogP contribution in [0.1, 0.15) is 30.4 Å². The van der Waals surface area contributed by atoms with Crippen molar-refractivity contribution in [3.8, 4) is 5.75 Å². The molecule has 0 aromatic heterocycles. The first-order chi connectivity index (χ1) is 14.7. The van der Waals surface area contributed by atoms with E-state index in [1.807, 2.05) is 48.5 Å². The summed E-state index contributed by atoms with van der Waals surface area (Å²) in [6.07, 6.45) is 3.79. The molecule has 0 radical (unpaired) electrons. The second kappa shape index (κ2) is 10.1. The summed E-state index contributed by atoms with van der Waals surface area (Å²) in [7, 11) is 0. The summed E-state index contributed by atoms with van der Waals surface area (Å²) in [5.41, 5.74) is 4.33. The molecule has 0 amide bonds. The summed E-state index contributed by atoms with van der Waals surface area (Å²) >= 11 is 12.5. The number of halogens is 2. The van der Waals surface area contributed by atoms with Crippen molar-refractivity contribution in [3.63, 3.8) is 0 Å². The van der Waals surface area contributed by atoms with Gasteiger partial charge in [0, 0.05) is 35.9 Å². The predicted octanol–water partition coefficient (Wildman–Crippen LogP) is 7.17. The number of para-hydroxylation sites is 1. The van der Waals surface area contributed by atoms with Crippen molar-refractivity contribution >= 4 is 34.6 Å². The third-order valence-electron chi connectivity index (χ3n) is 5.41. The van der Waals surface area contributed by atoms with E-state index in [2.05, 4.69) is 28.4 Å². The van der Waals surface area contributed by atoms with Gasteiger partial charge in [-0.3, -0.25) is 0 Å². The maximum Gasteiger partial charge on any atom is 0.124 e. The van der Waals surface area contributed by atoms with Gasteiger partial charge < -0.3 is 15.0 Å². The summed E-state index contributed by atoms with van der Waals surface area (Å²) in [6, 6.07) is 22.1. The highest BCUT2D eigenvalue weighted by molar-refractivity contribution is 6.33. The van der Waals surface area contributed by atoms with Crippen molar-refractivity contribution in [3.05, 3.63) is 87.9 Å². The summed E-state index contributed by atoms with van der Waals surface area (Å²) in [4.78, 5) is 2.38. The fraction of sp³-hybridized carbons (Fsp3) is 0.280. The van der Waals surface area contributed by atoms with Gasteiger partial charge in [0.05, 0.1) is 10.7 Å². The van der Waals surface area contributed by atoms with Crippen molar-refractivity contribution in [2.24, 2.45) is 0 Å². The largest absolute Gasteiger partial charge is 0.489 e. The zero-order chi connectivity index (χ0) is 20.8. The van der Waals surface area contributed by atoms with Crippen LogP contribution in [0.15, 0.2) is 66.7 Å². The lowest BCUT2D eigenvalue weighted by atomic mass is 10.1. The molecule has 1 aliphatic rings. The molecule has 156 valence electrons. The van der Waals surface area contributed by atoms with Crippen LogP contribution in [0.5, 0.6) is 5.75 Å². The van der Waals surface area contributed by atoms with Gasteiger partial charge in [0.1, 0.15) is 12.4 Å². The molecule has 1 fully saturated rings. The lowest BCUT2D eigenvalue weighted by Gasteiger charge is -2.29. The first-order valence-electron chi connectivity index (χ1n) is 10.4. The Bertz CT molecular complexity index is 969. The van der Waals surface area contributed by atoms with Crippen LogP contribution in [0.3, 0.4) is 0 Å². The molecule has 0 spiro atoms. The lowest BCUT2D eigenvalue weighted by Crippen LogP contribution is -2.29. The van der Waals surface area contributed by atoms with Crippen molar-refractivity contribution in [2.75, 3.05) is 23.3 Å². The number of hydrogen-bond acceptors (Lipinski definition) is 3. The molecule has 0 unspecified atom stereocenters. The van der Waals surface area contributed by atoms with E-state index in [1.165, 1.54) is 19.3 Å². The highest BCUT2D eigenvalue weighted by Crippen LogP contribution is 2.31. The normalized spacial score (nSPS) is 13.9. The van der Waals surface area contributed by atoms with Gasteiger partial charge >= 0.3 is 0 Å². The van der Waals surface area contributed by atoms with Gasteiger partial charge in [0.25, 0.3) is 0 Å². The fourth-order valence-corrected chi connectivity index (χ4v) is 4.16. The van der Waals surface area contributed by atoms with Gasteiger partial charge in [-0.2, -0.15) is 0 Å². The fourth-order valence-electron chi connectivity index (χ4n) is 3.74. The van der Waals surface area contributed by atoms with Gasteiger partial charge in [-0.05, 0) is 61.2 Å². The molecule has 1 saturated heterocycles. The highest BCUT2D eigenvalue weighted by Gasteiger charge is 2.14. The van der Waals surface area contributed by atoms with Crippen LogP contribution in [0.2, 0.25) is 10.0 Å². The van der Waals surface area contributed by atoms with E-state index in [-0.39, 0.29) is 0 Å². The summed E-state index contributed by atoms with van der Waals surface area (Å²) in [5.74, 6) is 0.871. The lowest BCUT2D eigenvalue weighted by molar-refractivity contribution is 0.303. The van der Waals surface area contributed by atoms with Gasteiger partial charge in [-0.15, -0.1) is 0 Å². The Morgan fingerprint density at radius 1 is 0.867 bits per heavy atom. The Balaban J connectivity index is 1.39. The second-order valence-electron chi connectivity index (χ2n) is 7.59. The maximum absolute atomic E-state index is 6.59. The average Bonchev–Trinajstić information content (AvgIpc) is 2.78. The molecule has 3 aromatic carbocycles. The van der Waals surface area contributed by atoms with Gasteiger partial charge in [-0.25, -0.2) is 0 Å². The van der Waals surface area contributed by atoms with Gasteiger partial charge in [0.15, 0.2) is 0 Å². The Kier molecular flexibility index (Phi) is 7.03. The van der Waals surface area contributed by atoms with Crippen LogP contribution in [0.4, 0.5) is 11.4 Å². The molecule has 30 heavy (non-hydrogen) atoms. The molecular formula is C25H26Cl2N2O. The van der Waals surface area contributed by atoms with E-state index in [0.717, 1.165) is 51.4 Å². The van der Waals surface area contributed by atoms with E-state index < -0.39 is 0 Å². The standard InChI is InChI=1S/C25H26Cl2N2O/c26-21-10-8-19(9-11-21)18-30-25-7-3-2-6-20(25)17-28-22-12-13-24(23(27)16-22)29-14-4-1-5-15-29/h2-3,6-13,16,28H,1,4-5,14-15,17-18H2. The third kappa shape index (κ3) is 5.41. The van der Waals surface area contributed by atoms with E-state index in [0.29, 0.717) is 13.2 Å². The number of benzene rings is 3. The number of piperidine rings is 1. The minimum Gasteiger partial charge on any atom is -0.489 e. The number of rotatable bonds is 7. The first kappa shape index (κ1) is 20.9. The van der Waals surface area contributed by atoms with Crippen molar-refractivity contribution in [1.29, 1.82) is 0 Å². The van der Waals surface area contributed by atoms with Crippen LogP contribution in [-0.4, -0.2) is 13.1 Å². The van der Waals surface area contributed by atoms with Crippen LogP contribution in [0, 0.1) is 0 Å². The molecule has 3 nitrogen and oxygen atoms in total. The Morgan fingerprint density at radius 3 is 2.40 bits per heavy atom. The summed E-state index contributed by atoms with van der Waals surface area (Å²) in [6.45, 7) is 3.34. The van der Waals surface area contributed by atoms with Crippen LogP contribution in [0.25, 0.3) is 0 Å². The molecule has 1 N–H and O–H groups in total. The van der Waals surface area contributed by atoms with E-state index in [1.54, 1.807) is 0 Å². The highest BCUT2D eigenvalue weighted by atomic mass is 35.5. The Labute approximate surface area is 188 Å². The monoisotopic (exact) mass is 440 g/mol. The molecule has 1 aliphatic heterocycles. The zero-order valence-corrected chi connectivity index (χ0v) is 18.4. The average molecular weight is 441 g/mol. The van der Waals surface area contributed by atoms with Crippen LogP contribution in [-0.2, 0) is 13.2 Å². The van der Waals surface area contributed by atoms with Gasteiger partial charge in [-0.1, -0.05) is 53.5 Å². The molecule has 5 heteroatoms. The van der Waals surface area contributed by atoms with Gasteiger partial charge in [0.2, 0.25) is 0 Å². The number of nitrogens with one attached hydrogen (secondary N) is 1. The quantitative estimate of drug-likeness (QED) is 0.421. The van der Waals surface area contributed by atoms with Crippen LogP contribution >= 0.6 is 23.2 Å². The Morgan fingerprint density at radius 2 is 1.63 bits per heavy atom. The van der Waals surface area contributed by atoms with E-state index >= 15 is 0 Å². The van der Waals surface area contributed by atoms with Crippen molar-refractivity contribution in [2.45, 2.75) is 32.4 Å². The molecular weight excluding hydrogens is 415 g/mol. The van der Waals surface area contributed by atoms with Crippen molar-refractivity contribution < 1.29 is 4.74 Å². The molecule has 4 rings (SSSR count). The molecule has 3 aromatic rings. The molecule has 0 bridgehead atoms. The number of nitrogens with zero attached hydrogens (tertiary/aromatic N) is 1. The SMILES string of the molecule is Clc1ccc(COc2ccccc2CNc2ccc(N3CCCCC3)c(Cl)c2)cc1. The maximum atomic E-state index is 6.59. The van der Waals surface area contributed by atoms with Crippen LogP contribution < -0.4 is 15.0 Å². The first-order valence-corrected chi connectivity index (χ1v) is 11.2. The molecule has 0 aliphatic carbocycles. The van der Waals surface area contributed by atoms with E-state index in [4.69, 9.17) is 27.9 Å². The Hall–Kier alpha value is -2.36. The smallest absolute Gasteiger partial charge is 0.124 e. The minimum atomic E-state index is 0.505. The zero-order valence-electron chi connectivity index (χ0n) is 16.9. The second-order valence-corrected chi connectivity index (χ2v) is 8.43. The molecule has 0 saturated carbocycles. The predicted molar refractivity (Wildman–Crippen MR) is 127 cm³/mol. The minimum absolute atomic E-state index is 0.505. The van der Waals surface area contributed by atoms with E-state index in [9.17, 15) is 0 Å². The van der Waals surface area contributed by atoms with Crippen molar-refractivity contribution in [1.82, 2.24) is 0 Å². The molecule has 0 atom stereocenters. The number of ether oxygens (including phenoxy) is 1. The topological polar surface area (TPSA) is 24.5 Å². The number of hydrogen-bond donors (Lipinski definition) is 1. The number of anilines is 2. The summed E-state index contributed by atoms with van der Waals surface area (Å²) in [5, 5.41) is 5.01.